The number of hydrogen-bond donors (Lipinski definition) is 2. The van der Waals surface area contributed by atoms with E-state index in [-0.39, 0.29) is 6.61 Å². The number of nitrogens with one attached hydrogen (secondary N) is 1. The Morgan fingerprint density at radius 3 is 2.70 bits per heavy atom. The zero-order valence-corrected chi connectivity index (χ0v) is 17.6. The van der Waals surface area contributed by atoms with Crippen molar-refractivity contribution >= 4 is 22.5 Å². The lowest BCUT2D eigenvalue weighted by Gasteiger charge is -2.14. The predicted molar refractivity (Wildman–Crippen MR) is 122 cm³/mol. The highest BCUT2D eigenvalue weighted by Gasteiger charge is 2.52. The van der Waals surface area contributed by atoms with Crippen LogP contribution in [0.4, 0.5) is 10.1 Å². The molecule has 2 aromatic heterocycles. The van der Waals surface area contributed by atoms with Crippen molar-refractivity contribution in [3.63, 3.8) is 0 Å². The van der Waals surface area contributed by atoms with Crippen molar-refractivity contribution in [1.29, 1.82) is 0 Å². The lowest BCUT2D eigenvalue weighted by Crippen LogP contribution is -2.14. The van der Waals surface area contributed by atoms with E-state index in [1.54, 1.807) is 12.3 Å². The van der Waals surface area contributed by atoms with Gasteiger partial charge < -0.3 is 15.3 Å². The summed E-state index contributed by atoms with van der Waals surface area (Å²) in [4.78, 5) is 21.4. The van der Waals surface area contributed by atoms with E-state index >= 15 is 0 Å². The van der Waals surface area contributed by atoms with Crippen LogP contribution in [0.15, 0.2) is 61.1 Å². The van der Waals surface area contributed by atoms with Gasteiger partial charge in [-0.15, -0.1) is 0 Å². The summed E-state index contributed by atoms with van der Waals surface area (Å²) in [6.45, 7) is 7.73. The van der Waals surface area contributed by atoms with E-state index in [2.05, 4.69) is 20.2 Å². The molecule has 0 bridgehead atoms. The van der Waals surface area contributed by atoms with Gasteiger partial charge in [-0.3, -0.25) is 14.5 Å². The van der Waals surface area contributed by atoms with Gasteiger partial charge in [0.25, 0.3) is 11.4 Å². The van der Waals surface area contributed by atoms with Crippen molar-refractivity contribution in [3.8, 4) is 11.1 Å². The van der Waals surface area contributed by atoms with E-state index in [4.69, 9.17) is 11.7 Å². The van der Waals surface area contributed by atoms with Crippen LogP contribution in [0.1, 0.15) is 28.8 Å². The molecule has 7 nitrogen and oxygen atoms in total. The second-order valence-corrected chi connectivity index (χ2v) is 8.10. The Labute approximate surface area is 189 Å². The van der Waals surface area contributed by atoms with Crippen molar-refractivity contribution in [2.75, 3.05) is 11.9 Å². The van der Waals surface area contributed by atoms with Crippen molar-refractivity contribution in [1.82, 2.24) is 14.8 Å². The minimum Gasteiger partial charge on any atom is -0.394 e. The number of fused-ring (bicyclic) bond motifs is 1. The maximum atomic E-state index is 14.2. The highest BCUT2D eigenvalue weighted by atomic mass is 19.1. The lowest BCUT2D eigenvalue weighted by atomic mass is 9.94. The summed E-state index contributed by atoms with van der Waals surface area (Å²) in [5.41, 5.74) is 3.16. The van der Waals surface area contributed by atoms with Crippen LogP contribution in [-0.2, 0) is 12.1 Å². The molecule has 0 spiro atoms. The standard InChI is InChI=1S/C25H20FN5O2/c1-27-25(8-9-25)17-4-2-16(3-5-17)23-20-12-18(26)6-7-22(20)28-14-21(23)24(33)30-19-13-29-31(15-19)10-11-32/h2-7,12-15,32H,8-11H2,(H,30,33). The summed E-state index contributed by atoms with van der Waals surface area (Å²) >= 11 is 0. The van der Waals surface area contributed by atoms with Crippen LogP contribution < -0.4 is 5.32 Å². The molecule has 0 unspecified atom stereocenters. The van der Waals surface area contributed by atoms with E-state index in [0.717, 1.165) is 24.0 Å². The Balaban J connectivity index is 1.58. The van der Waals surface area contributed by atoms with Crippen LogP contribution >= 0.6 is 0 Å². The molecule has 2 N–H and O–H groups in total. The average Bonchev–Trinajstić information content (AvgIpc) is 3.52. The molecule has 1 fully saturated rings. The van der Waals surface area contributed by atoms with E-state index < -0.39 is 17.3 Å². The quantitative estimate of drug-likeness (QED) is 0.435. The third-order valence-electron chi connectivity index (χ3n) is 5.94. The Morgan fingerprint density at radius 2 is 2.00 bits per heavy atom. The molecule has 8 heteroatoms. The van der Waals surface area contributed by atoms with Gasteiger partial charge in [0.15, 0.2) is 0 Å². The number of amides is 1. The van der Waals surface area contributed by atoms with E-state index in [0.29, 0.717) is 34.3 Å². The molecule has 0 aliphatic heterocycles. The van der Waals surface area contributed by atoms with Crippen molar-refractivity contribution in [3.05, 3.63) is 89.4 Å². The smallest absolute Gasteiger partial charge is 0.258 e. The fraction of sp³-hybridized carbons (Fsp3) is 0.200. The van der Waals surface area contributed by atoms with Crippen LogP contribution in [0.5, 0.6) is 0 Å². The maximum absolute atomic E-state index is 14.2. The first-order chi connectivity index (χ1) is 16.0. The first-order valence-electron chi connectivity index (χ1n) is 10.6. The molecule has 4 aromatic rings. The second-order valence-electron chi connectivity index (χ2n) is 8.10. The van der Waals surface area contributed by atoms with E-state index in [1.807, 2.05) is 24.3 Å². The Kier molecular flexibility index (Phi) is 5.11. The summed E-state index contributed by atoms with van der Waals surface area (Å²) in [6.07, 6.45) is 6.29. The maximum Gasteiger partial charge on any atom is 0.258 e. The SMILES string of the molecule is [C-]#[N+]C1(c2ccc(-c3c(C(=O)Nc4cnn(CCO)c4)cnc4ccc(F)cc34)cc2)CC1. The second kappa shape index (κ2) is 8.11. The number of pyridine rings is 1. The number of aliphatic hydroxyl groups excluding tert-OH is 1. The number of nitrogens with zero attached hydrogens (tertiary/aromatic N) is 4. The molecule has 1 aliphatic rings. The molecule has 2 aromatic carbocycles. The highest BCUT2D eigenvalue weighted by molar-refractivity contribution is 6.13. The molecule has 0 saturated heterocycles. The first-order valence-corrected chi connectivity index (χ1v) is 10.6. The molecule has 0 atom stereocenters. The van der Waals surface area contributed by atoms with E-state index in [9.17, 15) is 9.18 Å². The summed E-state index contributed by atoms with van der Waals surface area (Å²) in [5, 5.41) is 16.5. The van der Waals surface area contributed by atoms with Gasteiger partial charge in [-0.25, -0.2) is 11.0 Å². The zero-order valence-electron chi connectivity index (χ0n) is 17.6. The third kappa shape index (κ3) is 3.83. The van der Waals surface area contributed by atoms with Crippen LogP contribution in [0.25, 0.3) is 26.9 Å². The zero-order chi connectivity index (χ0) is 23.0. The van der Waals surface area contributed by atoms with Crippen LogP contribution in [0.3, 0.4) is 0 Å². The minimum absolute atomic E-state index is 0.0653. The van der Waals surface area contributed by atoms with Gasteiger partial charge >= 0.3 is 0 Å². The third-order valence-corrected chi connectivity index (χ3v) is 5.94. The molecule has 164 valence electrons. The van der Waals surface area contributed by atoms with Crippen LogP contribution in [0.2, 0.25) is 0 Å². The van der Waals surface area contributed by atoms with E-state index in [1.165, 1.54) is 29.2 Å². The van der Waals surface area contributed by atoms with Gasteiger partial charge in [0.1, 0.15) is 5.82 Å². The molecule has 1 aliphatic carbocycles. The van der Waals surface area contributed by atoms with Gasteiger partial charge in [0, 0.05) is 41.7 Å². The average molecular weight is 441 g/mol. The first kappa shape index (κ1) is 20.8. The molecule has 1 amide bonds. The van der Waals surface area contributed by atoms with Crippen LogP contribution in [-0.4, -0.2) is 32.4 Å². The molecular formula is C25H20FN5O2. The molecule has 0 radical (unpaired) electrons. The monoisotopic (exact) mass is 441 g/mol. The fourth-order valence-corrected chi connectivity index (χ4v) is 4.03. The minimum atomic E-state index is -0.431. The summed E-state index contributed by atoms with van der Waals surface area (Å²) in [7, 11) is 0. The molecule has 5 rings (SSSR count). The topological polar surface area (TPSA) is 84.4 Å². The Morgan fingerprint density at radius 1 is 1.21 bits per heavy atom. The summed E-state index contributed by atoms with van der Waals surface area (Å²) in [6, 6.07) is 11.9. The number of rotatable bonds is 6. The van der Waals surface area contributed by atoms with Gasteiger partial charge in [0.05, 0.1) is 36.1 Å². The fourth-order valence-electron chi connectivity index (χ4n) is 4.03. The summed E-state index contributed by atoms with van der Waals surface area (Å²) in [5.74, 6) is -0.828. The number of halogens is 1. The summed E-state index contributed by atoms with van der Waals surface area (Å²) < 4.78 is 15.7. The Hall–Kier alpha value is -4.09. The van der Waals surface area contributed by atoms with Crippen molar-refractivity contribution < 1.29 is 14.3 Å². The normalized spacial score (nSPS) is 14.1. The van der Waals surface area contributed by atoms with Gasteiger partial charge in [-0.1, -0.05) is 24.3 Å². The van der Waals surface area contributed by atoms with Gasteiger partial charge in [-0.2, -0.15) is 5.10 Å². The molecular weight excluding hydrogens is 421 g/mol. The van der Waals surface area contributed by atoms with Gasteiger partial charge in [-0.05, 0) is 23.8 Å². The molecule has 2 heterocycles. The largest absolute Gasteiger partial charge is 0.394 e. The predicted octanol–water partition coefficient (Wildman–Crippen LogP) is 4.39. The van der Waals surface area contributed by atoms with Gasteiger partial charge in [0.2, 0.25) is 0 Å². The number of aliphatic hydroxyl groups is 1. The molecule has 1 saturated carbocycles. The number of hydrogen-bond acceptors (Lipinski definition) is 4. The Bertz CT molecular complexity index is 1400. The number of carbonyl (C=O) groups is 1. The van der Waals surface area contributed by atoms with Crippen molar-refractivity contribution in [2.24, 2.45) is 0 Å². The molecule has 33 heavy (non-hydrogen) atoms. The number of carbonyl (C=O) groups excluding carboxylic acids is 1. The van der Waals surface area contributed by atoms with Crippen molar-refractivity contribution in [2.45, 2.75) is 24.9 Å². The number of aromatic nitrogens is 3. The van der Waals surface area contributed by atoms with Crippen LogP contribution in [0, 0.1) is 12.4 Å². The number of anilines is 1. The number of benzene rings is 2. The lowest BCUT2D eigenvalue weighted by molar-refractivity contribution is 0.102. The highest BCUT2D eigenvalue weighted by Crippen LogP contribution is 2.50.